The number of rotatable bonds is 6. The number of amides is 1. The van der Waals surface area contributed by atoms with Gasteiger partial charge in [-0.05, 0) is 18.1 Å². The highest BCUT2D eigenvalue weighted by atomic mass is 16.1. The van der Waals surface area contributed by atoms with Crippen LogP contribution in [0.5, 0.6) is 0 Å². The number of fused-ring (bicyclic) bond motifs is 1. The molecule has 1 aliphatic rings. The van der Waals surface area contributed by atoms with Crippen LogP contribution in [0.4, 0.5) is 0 Å². The van der Waals surface area contributed by atoms with Crippen molar-refractivity contribution in [3.63, 3.8) is 0 Å². The van der Waals surface area contributed by atoms with Crippen molar-refractivity contribution in [3.8, 4) is 0 Å². The molecule has 128 valence electrons. The molecule has 0 saturated heterocycles. The Morgan fingerprint density at radius 3 is 2.83 bits per heavy atom. The highest BCUT2D eigenvalue weighted by Gasteiger charge is 2.25. The monoisotopic (exact) mass is 326 g/mol. The van der Waals surface area contributed by atoms with Crippen LogP contribution in [0.15, 0.2) is 42.6 Å². The van der Waals surface area contributed by atoms with E-state index in [2.05, 4.69) is 56.4 Å². The molecule has 1 amide bonds. The van der Waals surface area contributed by atoms with Crippen LogP contribution in [0.1, 0.15) is 37.6 Å². The zero-order valence-electron chi connectivity index (χ0n) is 14.5. The Labute approximate surface area is 143 Å². The van der Waals surface area contributed by atoms with Gasteiger partial charge in [-0.3, -0.25) is 14.4 Å². The molecule has 2 aromatic rings. The fourth-order valence-electron chi connectivity index (χ4n) is 3.21. The molecular weight excluding hydrogens is 300 g/mol. The van der Waals surface area contributed by atoms with Crippen molar-refractivity contribution in [3.05, 3.63) is 53.9 Å². The molecule has 5 heteroatoms. The van der Waals surface area contributed by atoms with E-state index in [0.717, 1.165) is 26.1 Å². The lowest BCUT2D eigenvalue weighted by Gasteiger charge is -2.34. The minimum atomic E-state index is 0.0335. The first-order valence-corrected chi connectivity index (χ1v) is 8.70. The van der Waals surface area contributed by atoms with Gasteiger partial charge in [-0.2, -0.15) is 5.10 Å². The van der Waals surface area contributed by atoms with Gasteiger partial charge in [0.25, 0.3) is 0 Å². The molecule has 1 atom stereocenters. The summed E-state index contributed by atoms with van der Waals surface area (Å²) in [4.78, 5) is 14.2. The van der Waals surface area contributed by atoms with E-state index in [1.165, 1.54) is 11.3 Å². The molecule has 1 aliphatic heterocycles. The predicted molar refractivity (Wildman–Crippen MR) is 94.3 cm³/mol. The van der Waals surface area contributed by atoms with Crippen molar-refractivity contribution in [1.29, 1.82) is 0 Å². The minimum Gasteiger partial charge on any atom is -0.356 e. The summed E-state index contributed by atoms with van der Waals surface area (Å²) in [6.45, 7) is 7.36. The number of carbonyl (C=O) groups is 1. The van der Waals surface area contributed by atoms with Gasteiger partial charge in [0.05, 0.1) is 11.7 Å². The number of benzene rings is 1. The molecule has 5 nitrogen and oxygen atoms in total. The van der Waals surface area contributed by atoms with Crippen molar-refractivity contribution in [2.75, 3.05) is 13.1 Å². The Balaban J connectivity index is 1.62. The van der Waals surface area contributed by atoms with E-state index in [4.69, 9.17) is 0 Å². The summed E-state index contributed by atoms with van der Waals surface area (Å²) >= 11 is 0. The van der Waals surface area contributed by atoms with Crippen LogP contribution >= 0.6 is 0 Å². The maximum Gasteiger partial charge on any atom is 0.222 e. The van der Waals surface area contributed by atoms with E-state index >= 15 is 0 Å². The molecule has 2 heterocycles. The number of carbonyl (C=O) groups excluding carboxylic acids is 1. The Hall–Kier alpha value is -2.14. The second kappa shape index (κ2) is 7.62. The van der Waals surface area contributed by atoms with Gasteiger partial charge in [-0.25, -0.2) is 0 Å². The largest absolute Gasteiger partial charge is 0.356 e. The van der Waals surface area contributed by atoms with Crippen molar-refractivity contribution >= 4 is 5.91 Å². The SMILES string of the molecule is CC(C)C(=O)NCCC1CN(Cc2ccccc2)Cc2ccnn21. The molecular formula is C19H26N4O. The number of hydrogen-bond acceptors (Lipinski definition) is 3. The highest BCUT2D eigenvalue weighted by Crippen LogP contribution is 2.24. The summed E-state index contributed by atoms with van der Waals surface area (Å²) in [6, 6.07) is 13.0. The summed E-state index contributed by atoms with van der Waals surface area (Å²) in [6.07, 6.45) is 2.78. The fourth-order valence-corrected chi connectivity index (χ4v) is 3.21. The smallest absolute Gasteiger partial charge is 0.222 e. The first-order chi connectivity index (χ1) is 11.6. The molecule has 1 unspecified atom stereocenters. The van der Waals surface area contributed by atoms with Crippen molar-refractivity contribution in [2.24, 2.45) is 5.92 Å². The van der Waals surface area contributed by atoms with Gasteiger partial charge >= 0.3 is 0 Å². The van der Waals surface area contributed by atoms with E-state index < -0.39 is 0 Å². The van der Waals surface area contributed by atoms with Crippen molar-refractivity contribution < 1.29 is 4.79 Å². The molecule has 0 aliphatic carbocycles. The molecule has 3 rings (SSSR count). The van der Waals surface area contributed by atoms with Gasteiger partial charge < -0.3 is 5.32 Å². The third-order valence-electron chi connectivity index (χ3n) is 4.50. The normalized spacial score (nSPS) is 17.7. The molecule has 1 N–H and O–H groups in total. The molecule has 24 heavy (non-hydrogen) atoms. The van der Waals surface area contributed by atoms with Gasteiger partial charge in [0.2, 0.25) is 5.91 Å². The highest BCUT2D eigenvalue weighted by molar-refractivity contribution is 5.77. The second-order valence-corrected chi connectivity index (χ2v) is 6.81. The van der Waals surface area contributed by atoms with Gasteiger partial charge in [0.15, 0.2) is 0 Å². The van der Waals surface area contributed by atoms with Gasteiger partial charge in [-0.15, -0.1) is 0 Å². The van der Waals surface area contributed by atoms with Gasteiger partial charge in [0, 0.05) is 38.3 Å². The Bertz CT molecular complexity index is 665. The lowest BCUT2D eigenvalue weighted by Crippen LogP contribution is -2.39. The topological polar surface area (TPSA) is 50.2 Å². The van der Waals surface area contributed by atoms with Crippen LogP contribution in [-0.4, -0.2) is 33.7 Å². The number of nitrogens with one attached hydrogen (secondary N) is 1. The predicted octanol–water partition coefficient (Wildman–Crippen LogP) is 2.60. The first kappa shape index (κ1) is 16.7. The summed E-state index contributed by atoms with van der Waals surface area (Å²) < 4.78 is 2.13. The van der Waals surface area contributed by atoms with Crippen molar-refractivity contribution in [2.45, 2.75) is 39.4 Å². The molecule has 1 aromatic heterocycles. The van der Waals surface area contributed by atoms with Crippen LogP contribution in [-0.2, 0) is 17.9 Å². The van der Waals surface area contributed by atoms with E-state index in [-0.39, 0.29) is 11.8 Å². The maximum absolute atomic E-state index is 11.7. The quantitative estimate of drug-likeness (QED) is 0.888. The van der Waals surface area contributed by atoms with Crippen LogP contribution in [0.2, 0.25) is 0 Å². The van der Waals surface area contributed by atoms with E-state index in [1.807, 2.05) is 20.0 Å². The Morgan fingerprint density at radius 2 is 2.08 bits per heavy atom. The zero-order chi connectivity index (χ0) is 16.9. The zero-order valence-corrected chi connectivity index (χ0v) is 14.5. The van der Waals surface area contributed by atoms with Crippen LogP contribution < -0.4 is 5.32 Å². The van der Waals surface area contributed by atoms with Gasteiger partial charge in [0.1, 0.15) is 0 Å². The van der Waals surface area contributed by atoms with E-state index in [1.54, 1.807) is 0 Å². The average molecular weight is 326 g/mol. The lowest BCUT2D eigenvalue weighted by molar-refractivity contribution is -0.124. The molecule has 0 saturated carbocycles. The molecule has 0 radical (unpaired) electrons. The first-order valence-electron chi connectivity index (χ1n) is 8.70. The van der Waals surface area contributed by atoms with Crippen LogP contribution in [0.25, 0.3) is 0 Å². The van der Waals surface area contributed by atoms with E-state index in [0.29, 0.717) is 12.6 Å². The Kier molecular flexibility index (Phi) is 5.30. The molecule has 0 fully saturated rings. The lowest BCUT2D eigenvalue weighted by atomic mass is 10.1. The summed E-state index contributed by atoms with van der Waals surface area (Å²) in [5.41, 5.74) is 2.58. The average Bonchev–Trinajstić information content (AvgIpc) is 3.04. The standard InChI is InChI=1S/C19H26N4O/c1-15(2)19(24)20-10-8-17-13-22(12-16-6-4-3-5-7-16)14-18-9-11-21-23(17)18/h3-7,9,11,15,17H,8,10,12-14H2,1-2H3,(H,20,24). The minimum absolute atomic E-state index is 0.0335. The van der Waals surface area contributed by atoms with Crippen molar-refractivity contribution in [1.82, 2.24) is 20.0 Å². The maximum atomic E-state index is 11.7. The molecule has 1 aromatic carbocycles. The summed E-state index contributed by atoms with van der Waals surface area (Å²) in [5, 5.41) is 7.51. The second-order valence-electron chi connectivity index (χ2n) is 6.81. The fraction of sp³-hybridized carbons (Fsp3) is 0.474. The molecule has 0 spiro atoms. The third-order valence-corrected chi connectivity index (χ3v) is 4.50. The number of nitrogens with zero attached hydrogens (tertiary/aromatic N) is 3. The Morgan fingerprint density at radius 1 is 1.29 bits per heavy atom. The van der Waals surface area contributed by atoms with Gasteiger partial charge in [-0.1, -0.05) is 44.2 Å². The van der Waals surface area contributed by atoms with E-state index in [9.17, 15) is 4.79 Å². The number of aromatic nitrogens is 2. The summed E-state index contributed by atoms with van der Waals surface area (Å²) in [7, 11) is 0. The van der Waals surface area contributed by atoms with Crippen LogP contribution in [0.3, 0.4) is 0 Å². The molecule has 0 bridgehead atoms. The summed E-state index contributed by atoms with van der Waals surface area (Å²) in [5.74, 6) is 0.152. The van der Waals surface area contributed by atoms with Crippen LogP contribution in [0, 0.1) is 5.92 Å². The number of hydrogen-bond donors (Lipinski definition) is 1. The third kappa shape index (κ3) is 4.03.